The van der Waals surface area contributed by atoms with Gasteiger partial charge in [0.15, 0.2) is 10.8 Å². The zero-order chi connectivity index (χ0) is 15.8. The van der Waals surface area contributed by atoms with Gasteiger partial charge in [-0.25, -0.2) is 9.97 Å². The van der Waals surface area contributed by atoms with E-state index in [2.05, 4.69) is 20.3 Å². The predicted octanol–water partition coefficient (Wildman–Crippen LogP) is 3.26. The molecule has 5 nitrogen and oxygen atoms in total. The summed E-state index contributed by atoms with van der Waals surface area (Å²) < 4.78 is 0. The molecule has 0 spiro atoms. The van der Waals surface area contributed by atoms with Gasteiger partial charge in [-0.3, -0.25) is 4.79 Å². The van der Waals surface area contributed by atoms with Gasteiger partial charge in [0.25, 0.3) is 5.91 Å². The molecule has 0 radical (unpaired) electrons. The molecule has 1 atom stereocenters. The molecule has 0 unspecified atom stereocenters. The molecule has 1 amide bonds. The Labute approximate surface area is 141 Å². The maximum Gasteiger partial charge on any atom is 0.271 e. The Bertz CT molecular complexity index is 842. The number of H-pyrrole nitrogens is 1. The third kappa shape index (κ3) is 2.75. The van der Waals surface area contributed by atoms with Crippen LogP contribution in [0.25, 0.3) is 10.8 Å². The fourth-order valence-electron chi connectivity index (χ4n) is 2.78. The molecule has 4 rings (SSSR count). The number of rotatable bonds is 2. The molecule has 1 aliphatic heterocycles. The van der Waals surface area contributed by atoms with Crippen LogP contribution in [0.4, 0.5) is 0 Å². The molecule has 0 fully saturated rings. The lowest BCUT2D eigenvalue weighted by Crippen LogP contribution is -2.26. The van der Waals surface area contributed by atoms with E-state index in [1.165, 1.54) is 11.3 Å². The topological polar surface area (TPSA) is 70.7 Å². The van der Waals surface area contributed by atoms with Crippen molar-refractivity contribution in [3.63, 3.8) is 0 Å². The van der Waals surface area contributed by atoms with Crippen LogP contribution in [0.1, 0.15) is 27.7 Å². The van der Waals surface area contributed by atoms with Gasteiger partial charge in [0.1, 0.15) is 5.69 Å². The minimum atomic E-state index is -0.143. The second kappa shape index (κ2) is 5.79. The standard InChI is InChI=1S/C16H13ClN4OS/c17-11-3-1-9(2-4-11)10-7-12-13(15(22)19-8-10)21-14(20-12)16-18-5-6-23-16/h1-6,10H,7-8H2,(H,19,22)(H,20,21)/t10-/m0/s1. The highest BCUT2D eigenvalue weighted by molar-refractivity contribution is 7.13. The van der Waals surface area contributed by atoms with Gasteiger partial charge in [-0.05, 0) is 24.1 Å². The van der Waals surface area contributed by atoms with Crippen LogP contribution < -0.4 is 5.32 Å². The largest absolute Gasteiger partial charge is 0.350 e. The summed E-state index contributed by atoms with van der Waals surface area (Å²) in [5.41, 5.74) is 2.46. The summed E-state index contributed by atoms with van der Waals surface area (Å²) in [6.45, 7) is 0.581. The number of halogens is 1. The van der Waals surface area contributed by atoms with Crippen LogP contribution in [0.5, 0.6) is 0 Å². The molecule has 7 heteroatoms. The molecular formula is C16H13ClN4OS. The number of nitrogens with zero attached hydrogens (tertiary/aromatic N) is 2. The Balaban J connectivity index is 1.69. The van der Waals surface area contributed by atoms with E-state index in [0.717, 1.165) is 16.3 Å². The molecule has 23 heavy (non-hydrogen) atoms. The Morgan fingerprint density at radius 1 is 1.26 bits per heavy atom. The van der Waals surface area contributed by atoms with Gasteiger partial charge in [0.2, 0.25) is 0 Å². The van der Waals surface area contributed by atoms with E-state index in [9.17, 15) is 4.79 Å². The Hall–Kier alpha value is -2.18. The van der Waals surface area contributed by atoms with Crippen LogP contribution in [-0.2, 0) is 6.42 Å². The summed E-state index contributed by atoms with van der Waals surface area (Å²) in [5, 5.41) is 6.33. The number of hydrogen-bond acceptors (Lipinski definition) is 4. The van der Waals surface area contributed by atoms with Crippen molar-refractivity contribution in [3.05, 3.63) is 57.8 Å². The van der Waals surface area contributed by atoms with E-state index in [1.807, 2.05) is 29.6 Å². The molecule has 2 N–H and O–H groups in total. The van der Waals surface area contributed by atoms with Crippen molar-refractivity contribution in [2.24, 2.45) is 0 Å². The second-order valence-corrected chi connectivity index (χ2v) is 6.74. The van der Waals surface area contributed by atoms with Crippen LogP contribution in [0.2, 0.25) is 5.02 Å². The first kappa shape index (κ1) is 14.4. The molecule has 1 aliphatic rings. The number of amides is 1. The average Bonchev–Trinajstić information content (AvgIpc) is 3.19. The van der Waals surface area contributed by atoms with Crippen molar-refractivity contribution < 1.29 is 4.79 Å². The van der Waals surface area contributed by atoms with E-state index in [-0.39, 0.29) is 11.8 Å². The van der Waals surface area contributed by atoms with Gasteiger partial charge < -0.3 is 10.3 Å². The zero-order valence-electron chi connectivity index (χ0n) is 12.0. The molecule has 0 aliphatic carbocycles. The van der Waals surface area contributed by atoms with Crippen molar-refractivity contribution in [2.45, 2.75) is 12.3 Å². The quantitative estimate of drug-likeness (QED) is 0.749. The molecule has 2 aromatic heterocycles. The first-order valence-corrected chi connectivity index (χ1v) is 8.49. The fourth-order valence-corrected chi connectivity index (χ4v) is 3.48. The van der Waals surface area contributed by atoms with Gasteiger partial charge in [-0.15, -0.1) is 11.3 Å². The van der Waals surface area contributed by atoms with Gasteiger partial charge in [-0.2, -0.15) is 0 Å². The lowest BCUT2D eigenvalue weighted by atomic mass is 9.94. The Morgan fingerprint density at radius 2 is 2.09 bits per heavy atom. The lowest BCUT2D eigenvalue weighted by molar-refractivity contribution is 0.0950. The van der Waals surface area contributed by atoms with E-state index in [1.54, 1.807) is 6.20 Å². The average molecular weight is 345 g/mol. The van der Waals surface area contributed by atoms with Crippen LogP contribution in [0.15, 0.2) is 35.8 Å². The third-order valence-corrected chi connectivity index (χ3v) is 4.96. The second-order valence-electron chi connectivity index (χ2n) is 5.41. The first-order valence-electron chi connectivity index (χ1n) is 7.23. The van der Waals surface area contributed by atoms with E-state index < -0.39 is 0 Å². The molecule has 0 saturated heterocycles. The SMILES string of the molecule is O=C1NC[C@@H](c2ccc(Cl)cc2)Cc2[nH]c(-c3nccs3)nc21. The first-order chi connectivity index (χ1) is 11.2. The number of aromatic amines is 1. The van der Waals surface area contributed by atoms with Crippen molar-refractivity contribution in [2.75, 3.05) is 6.54 Å². The van der Waals surface area contributed by atoms with Crippen molar-refractivity contribution in [1.29, 1.82) is 0 Å². The monoisotopic (exact) mass is 344 g/mol. The maximum atomic E-state index is 12.3. The van der Waals surface area contributed by atoms with Gasteiger partial charge in [0.05, 0.1) is 0 Å². The number of nitrogens with one attached hydrogen (secondary N) is 2. The summed E-state index contributed by atoms with van der Waals surface area (Å²) in [6.07, 6.45) is 2.44. The van der Waals surface area contributed by atoms with Crippen LogP contribution in [0, 0.1) is 0 Å². The summed E-state index contributed by atoms with van der Waals surface area (Å²) in [5.74, 6) is 0.689. The predicted molar refractivity (Wildman–Crippen MR) is 89.9 cm³/mol. The van der Waals surface area contributed by atoms with E-state index in [4.69, 9.17) is 11.6 Å². The number of benzene rings is 1. The summed E-state index contributed by atoms with van der Waals surface area (Å²) in [4.78, 5) is 24.2. The maximum absolute atomic E-state index is 12.3. The Kier molecular flexibility index (Phi) is 3.63. The third-order valence-electron chi connectivity index (χ3n) is 3.93. The highest BCUT2D eigenvalue weighted by Crippen LogP contribution is 2.28. The van der Waals surface area contributed by atoms with Crippen molar-refractivity contribution in [3.8, 4) is 10.8 Å². The molecule has 116 valence electrons. The summed E-state index contributed by atoms with van der Waals surface area (Å²) in [6, 6.07) is 7.75. The van der Waals surface area contributed by atoms with Gasteiger partial charge in [0, 0.05) is 34.8 Å². The van der Waals surface area contributed by atoms with Crippen LogP contribution >= 0.6 is 22.9 Å². The molecule has 0 saturated carbocycles. The van der Waals surface area contributed by atoms with Gasteiger partial charge in [-0.1, -0.05) is 23.7 Å². The molecule has 3 heterocycles. The highest BCUT2D eigenvalue weighted by Gasteiger charge is 2.26. The number of thiazole rings is 1. The molecule has 3 aromatic rings. The van der Waals surface area contributed by atoms with Crippen molar-refractivity contribution >= 4 is 28.8 Å². The van der Waals surface area contributed by atoms with Crippen molar-refractivity contribution in [1.82, 2.24) is 20.3 Å². The number of carbonyl (C=O) groups excluding carboxylic acids is 1. The normalized spacial score (nSPS) is 17.4. The van der Waals surface area contributed by atoms with Crippen LogP contribution in [-0.4, -0.2) is 27.4 Å². The molecule has 1 aromatic carbocycles. The molecule has 0 bridgehead atoms. The van der Waals surface area contributed by atoms with Gasteiger partial charge >= 0.3 is 0 Å². The fraction of sp³-hybridized carbons (Fsp3) is 0.188. The number of hydrogen-bond donors (Lipinski definition) is 2. The zero-order valence-corrected chi connectivity index (χ0v) is 13.6. The minimum absolute atomic E-state index is 0.143. The summed E-state index contributed by atoms with van der Waals surface area (Å²) in [7, 11) is 0. The van der Waals surface area contributed by atoms with E-state index >= 15 is 0 Å². The molecular weight excluding hydrogens is 332 g/mol. The minimum Gasteiger partial charge on any atom is -0.350 e. The Morgan fingerprint density at radius 3 is 2.83 bits per heavy atom. The summed E-state index contributed by atoms with van der Waals surface area (Å²) >= 11 is 7.45. The number of imidazole rings is 1. The highest BCUT2D eigenvalue weighted by atomic mass is 35.5. The van der Waals surface area contributed by atoms with Crippen LogP contribution in [0.3, 0.4) is 0 Å². The van der Waals surface area contributed by atoms with E-state index in [0.29, 0.717) is 29.5 Å². The lowest BCUT2D eigenvalue weighted by Gasteiger charge is -2.14. The number of fused-ring (bicyclic) bond motifs is 1. The smallest absolute Gasteiger partial charge is 0.271 e. The number of carbonyl (C=O) groups is 1. The number of aromatic nitrogens is 3.